The fourth-order valence-corrected chi connectivity index (χ4v) is 3.38. The molecule has 1 fully saturated rings. The van der Waals surface area contributed by atoms with E-state index in [2.05, 4.69) is 11.8 Å². The van der Waals surface area contributed by atoms with E-state index in [1.807, 2.05) is 6.07 Å². The Bertz CT molecular complexity index is 543. The Kier molecular flexibility index (Phi) is 3.38. The average Bonchev–Trinajstić information content (AvgIpc) is 2.84. The lowest BCUT2D eigenvalue weighted by Gasteiger charge is -2.38. The minimum absolute atomic E-state index is 0.243. The summed E-state index contributed by atoms with van der Waals surface area (Å²) in [7, 11) is 0. The number of nitrogens with zero attached hydrogens (tertiary/aromatic N) is 2. The van der Waals surface area contributed by atoms with Crippen molar-refractivity contribution in [1.82, 2.24) is 4.98 Å². The number of hydrogen-bond donors (Lipinski definition) is 2. The van der Waals surface area contributed by atoms with Crippen LogP contribution in [0, 0.1) is 0 Å². The molecule has 5 heteroatoms. The molecule has 1 aliphatic heterocycles. The lowest BCUT2D eigenvalue weighted by atomic mass is 9.98. The van der Waals surface area contributed by atoms with Crippen molar-refractivity contribution in [3.05, 3.63) is 22.9 Å². The van der Waals surface area contributed by atoms with Gasteiger partial charge in [-0.15, -0.1) is 0 Å². The molecule has 0 spiro atoms. The first-order valence-corrected chi connectivity index (χ1v) is 7.41. The monoisotopic (exact) mass is 274 g/mol. The van der Waals surface area contributed by atoms with E-state index in [1.54, 1.807) is 0 Å². The van der Waals surface area contributed by atoms with Gasteiger partial charge < -0.3 is 16.4 Å². The summed E-state index contributed by atoms with van der Waals surface area (Å²) in [5.41, 5.74) is 14.5. The molecular formula is C15H22N4O. The van der Waals surface area contributed by atoms with Crippen LogP contribution in [0.2, 0.25) is 0 Å². The number of anilines is 1. The summed E-state index contributed by atoms with van der Waals surface area (Å²) < 4.78 is 0. The highest BCUT2D eigenvalue weighted by atomic mass is 16.1. The van der Waals surface area contributed by atoms with Crippen molar-refractivity contribution in [2.45, 2.75) is 51.1 Å². The highest BCUT2D eigenvalue weighted by Gasteiger charge is 2.29. The largest absolute Gasteiger partial charge is 0.365 e. The van der Waals surface area contributed by atoms with Crippen molar-refractivity contribution in [2.24, 2.45) is 11.5 Å². The summed E-state index contributed by atoms with van der Waals surface area (Å²) in [5, 5.41) is 0. The van der Waals surface area contributed by atoms with Crippen LogP contribution >= 0.6 is 0 Å². The molecule has 1 saturated heterocycles. The topological polar surface area (TPSA) is 85.2 Å². The van der Waals surface area contributed by atoms with Gasteiger partial charge in [-0.05, 0) is 50.7 Å². The molecule has 20 heavy (non-hydrogen) atoms. The smallest absolute Gasteiger partial charge is 0.252 e. The molecule has 108 valence electrons. The normalized spacial score (nSPS) is 25.6. The first kappa shape index (κ1) is 13.4. The number of hydrogen-bond acceptors (Lipinski definition) is 4. The second-order valence-corrected chi connectivity index (χ2v) is 6.01. The molecule has 1 aliphatic carbocycles. The Hall–Kier alpha value is -1.62. The highest BCUT2D eigenvalue weighted by Crippen LogP contribution is 2.30. The van der Waals surface area contributed by atoms with Crippen LogP contribution in [-0.4, -0.2) is 29.5 Å². The lowest BCUT2D eigenvalue weighted by Crippen LogP contribution is -2.46. The van der Waals surface area contributed by atoms with Gasteiger partial charge in [-0.25, -0.2) is 4.98 Å². The SMILES string of the molecule is CC1CC(N)CCN1c1nc2c(cc1C(N)=O)CCC2. The molecule has 2 unspecified atom stereocenters. The Morgan fingerprint density at radius 2 is 2.25 bits per heavy atom. The van der Waals surface area contributed by atoms with E-state index in [0.29, 0.717) is 11.6 Å². The minimum Gasteiger partial charge on any atom is -0.365 e. The van der Waals surface area contributed by atoms with Gasteiger partial charge in [-0.2, -0.15) is 0 Å². The van der Waals surface area contributed by atoms with E-state index in [0.717, 1.165) is 50.2 Å². The van der Waals surface area contributed by atoms with Crippen LogP contribution in [-0.2, 0) is 12.8 Å². The highest BCUT2D eigenvalue weighted by molar-refractivity contribution is 5.98. The number of nitrogens with two attached hydrogens (primary N) is 2. The number of aryl methyl sites for hydroxylation is 2. The predicted molar refractivity (Wildman–Crippen MR) is 78.8 cm³/mol. The van der Waals surface area contributed by atoms with Gasteiger partial charge >= 0.3 is 0 Å². The number of primary amides is 1. The minimum atomic E-state index is -0.385. The molecule has 0 saturated carbocycles. The molecule has 0 radical (unpaired) electrons. The van der Waals surface area contributed by atoms with Gasteiger partial charge in [0.15, 0.2) is 0 Å². The van der Waals surface area contributed by atoms with Crippen molar-refractivity contribution in [3.63, 3.8) is 0 Å². The van der Waals surface area contributed by atoms with Crippen molar-refractivity contribution in [3.8, 4) is 0 Å². The fraction of sp³-hybridized carbons (Fsp3) is 0.600. The Balaban J connectivity index is 2.01. The summed E-state index contributed by atoms with van der Waals surface area (Å²) in [5.74, 6) is 0.377. The predicted octanol–water partition coefficient (Wildman–Crippen LogP) is 0.985. The van der Waals surface area contributed by atoms with Crippen LogP contribution in [0.1, 0.15) is 47.8 Å². The van der Waals surface area contributed by atoms with Gasteiger partial charge in [0.1, 0.15) is 5.82 Å². The number of piperidine rings is 1. The number of amides is 1. The first-order chi connectivity index (χ1) is 9.56. The Morgan fingerprint density at radius 3 is 2.95 bits per heavy atom. The Morgan fingerprint density at radius 1 is 1.45 bits per heavy atom. The fourth-order valence-electron chi connectivity index (χ4n) is 3.38. The molecule has 2 heterocycles. The molecule has 1 amide bonds. The lowest BCUT2D eigenvalue weighted by molar-refractivity contribution is 0.1000. The van der Waals surface area contributed by atoms with E-state index in [4.69, 9.17) is 16.5 Å². The second-order valence-electron chi connectivity index (χ2n) is 6.01. The standard InChI is InChI=1S/C15H22N4O/c1-9-7-11(16)5-6-19(9)15-12(14(17)20)8-10-3-2-4-13(10)18-15/h8-9,11H,2-7,16H2,1H3,(H2,17,20). The van der Waals surface area contributed by atoms with E-state index in [-0.39, 0.29) is 11.9 Å². The molecule has 3 rings (SSSR count). The second kappa shape index (κ2) is 5.05. The molecule has 0 bridgehead atoms. The molecule has 2 aliphatic rings. The number of fused-ring (bicyclic) bond motifs is 1. The third-order valence-corrected chi connectivity index (χ3v) is 4.48. The van der Waals surface area contributed by atoms with Gasteiger partial charge in [0.2, 0.25) is 0 Å². The van der Waals surface area contributed by atoms with E-state index < -0.39 is 0 Å². The number of aromatic nitrogens is 1. The molecule has 1 aromatic heterocycles. The first-order valence-electron chi connectivity index (χ1n) is 7.41. The molecule has 1 aromatic rings. The van der Waals surface area contributed by atoms with E-state index in [9.17, 15) is 4.79 Å². The van der Waals surface area contributed by atoms with E-state index in [1.165, 1.54) is 5.56 Å². The quantitative estimate of drug-likeness (QED) is 0.842. The van der Waals surface area contributed by atoms with E-state index >= 15 is 0 Å². The molecule has 5 nitrogen and oxygen atoms in total. The maximum absolute atomic E-state index is 11.8. The average molecular weight is 274 g/mol. The Labute approximate surface area is 119 Å². The van der Waals surface area contributed by atoms with Crippen molar-refractivity contribution in [1.29, 1.82) is 0 Å². The molecule has 0 aromatic carbocycles. The number of carbonyl (C=O) groups excluding carboxylic acids is 1. The van der Waals surface area contributed by atoms with Crippen LogP contribution in [0.25, 0.3) is 0 Å². The van der Waals surface area contributed by atoms with Crippen LogP contribution in [0.4, 0.5) is 5.82 Å². The summed E-state index contributed by atoms with van der Waals surface area (Å²) in [6.45, 7) is 2.98. The summed E-state index contributed by atoms with van der Waals surface area (Å²) in [6.07, 6.45) is 4.98. The maximum Gasteiger partial charge on any atom is 0.252 e. The van der Waals surface area contributed by atoms with Crippen LogP contribution in [0.15, 0.2) is 6.07 Å². The van der Waals surface area contributed by atoms with Gasteiger partial charge in [-0.3, -0.25) is 4.79 Å². The van der Waals surface area contributed by atoms with Crippen LogP contribution in [0.5, 0.6) is 0 Å². The van der Waals surface area contributed by atoms with Crippen LogP contribution in [0.3, 0.4) is 0 Å². The summed E-state index contributed by atoms with van der Waals surface area (Å²) >= 11 is 0. The number of rotatable bonds is 2. The maximum atomic E-state index is 11.8. The van der Waals surface area contributed by atoms with Crippen LogP contribution < -0.4 is 16.4 Å². The zero-order chi connectivity index (χ0) is 14.3. The van der Waals surface area contributed by atoms with Crippen molar-refractivity contribution >= 4 is 11.7 Å². The van der Waals surface area contributed by atoms with Gasteiger partial charge in [0, 0.05) is 24.3 Å². The molecular weight excluding hydrogens is 252 g/mol. The molecule has 2 atom stereocenters. The number of pyridine rings is 1. The summed E-state index contributed by atoms with van der Waals surface area (Å²) in [6, 6.07) is 2.49. The third-order valence-electron chi connectivity index (χ3n) is 4.48. The zero-order valence-electron chi connectivity index (χ0n) is 11.9. The number of carbonyl (C=O) groups is 1. The molecule has 4 N–H and O–H groups in total. The van der Waals surface area contributed by atoms with Crippen molar-refractivity contribution < 1.29 is 4.79 Å². The van der Waals surface area contributed by atoms with Gasteiger partial charge in [0.25, 0.3) is 5.91 Å². The van der Waals surface area contributed by atoms with Gasteiger partial charge in [0.05, 0.1) is 5.56 Å². The van der Waals surface area contributed by atoms with Crippen molar-refractivity contribution in [2.75, 3.05) is 11.4 Å². The van der Waals surface area contributed by atoms with Gasteiger partial charge in [-0.1, -0.05) is 0 Å². The summed E-state index contributed by atoms with van der Waals surface area (Å²) in [4.78, 5) is 18.7. The third kappa shape index (κ3) is 2.26. The zero-order valence-corrected chi connectivity index (χ0v) is 11.9.